The van der Waals surface area contributed by atoms with Crippen molar-refractivity contribution < 1.29 is 13.9 Å². The number of hydrogen-bond donors (Lipinski definition) is 1. The van der Waals surface area contributed by atoms with Crippen LogP contribution < -0.4 is 10.1 Å². The molecule has 1 amide bonds. The predicted molar refractivity (Wildman–Crippen MR) is 75.3 cm³/mol. The fourth-order valence-electron chi connectivity index (χ4n) is 1.84. The summed E-state index contributed by atoms with van der Waals surface area (Å²) in [6.07, 6.45) is 0. The lowest BCUT2D eigenvalue weighted by Gasteiger charge is -2.08. The number of carbonyl (C=O) groups excluding carboxylic acids is 1. The van der Waals surface area contributed by atoms with Crippen molar-refractivity contribution in [3.05, 3.63) is 65.0 Å². The molecule has 3 nitrogen and oxygen atoms in total. The molecule has 0 aliphatic heterocycles. The number of amides is 1. The van der Waals surface area contributed by atoms with Crippen LogP contribution in [0.5, 0.6) is 5.75 Å². The maximum atomic E-state index is 13.8. The van der Waals surface area contributed by atoms with Crippen LogP contribution in [-0.2, 0) is 6.54 Å². The highest BCUT2D eigenvalue weighted by molar-refractivity contribution is 5.94. The molecular formula is C16H16FNO2. The van der Waals surface area contributed by atoms with Crippen LogP contribution in [0.4, 0.5) is 4.39 Å². The molecule has 0 aliphatic carbocycles. The molecule has 20 heavy (non-hydrogen) atoms. The van der Waals surface area contributed by atoms with Gasteiger partial charge in [-0.3, -0.25) is 4.79 Å². The summed E-state index contributed by atoms with van der Waals surface area (Å²) >= 11 is 0. The van der Waals surface area contributed by atoms with Crippen molar-refractivity contribution in [2.75, 3.05) is 7.11 Å². The maximum absolute atomic E-state index is 13.8. The van der Waals surface area contributed by atoms with Gasteiger partial charge < -0.3 is 10.1 Å². The van der Waals surface area contributed by atoms with Crippen LogP contribution in [0, 0.1) is 12.7 Å². The molecule has 0 aliphatic rings. The molecule has 4 heteroatoms. The van der Waals surface area contributed by atoms with Crippen LogP contribution in [0.25, 0.3) is 0 Å². The van der Waals surface area contributed by atoms with Gasteiger partial charge in [0, 0.05) is 6.54 Å². The minimum absolute atomic E-state index is 0.0681. The van der Waals surface area contributed by atoms with E-state index in [-0.39, 0.29) is 5.56 Å². The number of benzene rings is 2. The zero-order valence-corrected chi connectivity index (χ0v) is 11.4. The van der Waals surface area contributed by atoms with Crippen LogP contribution in [0.2, 0.25) is 0 Å². The zero-order valence-electron chi connectivity index (χ0n) is 11.4. The van der Waals surface area contributed by atoms with Crippen LogP contribution in [0.3, 0.4) is 0 Å². The van der Waals surface area contributed by atoms with Gasteiger partial charge in [-0.2, -0.15) is 0 Å². The fourth-order valence-corrected chi connectivity index (χ4v) is 1.84. The number of methoxy groups -OCH3 is 1. The van der Waals surface area contributed by atoms with E-state index in [0.29, 0.717) is 12.1 Å². The highest BCUT2D eigenvalue weighted by atomic mass is 19.1. The van der Waals surface area contributed by atoms with Gasteiger partial charge in [0.05, 0.1) is 12.7 Å². The normalized spacial score (nSPS) is 10.2. The van der Waals surface area contributed by atoms with Gasteiger partial charge in [-0.25, -0.2) is 4.39 Å². The smallest absolute Gasteiger partial charge is 0.254 e. The van der Waals surface area contributed by atoms with E-state index in [1.807, 2.05) is 24.3 Å². The molecule has 0 heterocycles. The van der Waals surface area contributed by atoms with Crippen molar-refractivity contribution >= 4 is 5.91 Å². The minimum Gasteiger partial charge on any atom is -0.497 e. The Morgan fingerprint density at radius 2 is 1.90 bits per heavy atom. The second-order valence-electron chi connectivity index (χ2n) is 4.47. The Morgan fingerprint density at radius 3 is 2.55 bits per heavy atom. The average Bonchev–Trinajstić information content (AvgIpc) is 2.48. The number of rotatable bonds is 4. The molecule has 2 aromatic rings. The van der Waals surface area contributed by atoms with Crippen LogP contribution in [0.15, 0.2) is 42.5 Å². The summed E-state index contributed by atoms with van der Waals surface area (Å²) in [6, 6.07) is 12.1. The molecule has 0 saturated heterocycles. The SMILES string of the molecule is COc1ccc(CNC(=O)c2cccc(C)c2F)cc1. The molecule has 0 bridgehead atoms. The van der Waals surface area contributed by atoms with Crippen molar-refractivity contribution in [3.8, 4) is 5.75 Å². The number of hydrogen-bond acceptors (Lipinski definition) is 2. The monoisotopic (exact) mass is 273 g/mol. The first-order valence-corrected chi connectivity index (χ1v) is 6.28. The van der Waals surface area contributed by atoms with Crippen LogP contribution >= 0.6 is 0 Å². The second kappa shape index (κ2) is 6.19. The quantitative estimate of drug-likeness (QED) is 0.929. The maximum Gasteiger partial charge on any atom is 0.254 e. The standard InChI is InChI=1S/C16H16FNO2/c1-11-4-3-5-14(15(11)17)16(19)18-10-12-6-8-13(20-2)9-7-12/h3-9H,10H2,1-2H3,(H,18,19). The number of ether oxygens (including phenoxy) is 1. The van der Waals surface area contributed by atoms with E-state index in [2.05, 4.69) is 5.32 Å². The van der Waals surface area contributed by atoms with Crippen molar-refractivity contribution in [1.29, 1.82) is 0 Å². The fraction of sp³-hybridized carbons (Fsp3) is 0.188. The first-order chi connectivity index (χ1) is 9.61. The Labute approximate surface area is 117 Å². The van der Waals surface area contributed by atoms with Gasteiger partial charge in [0.1, 0.15) is 11.6 Å². The van der Waals surface area contributed by atoms with E-state index in [0.717, 1.165) is 11.3 Å². The summed E-state index contributed by atoms with van der Waals surface area (Å²) < 4.78 is 18.9. The van der Waals surface area contributed by atoms with Gasteiger partial charge in [-0.15, -0.1) is 0 Å². The predicted octanol–water partition coefficient (Wildman–Crippen LogP) is 3.07. The lowest BCUT2D eigenvalue weighted by Crippen LogP contribution is -2.24. The molecule has 0 fully saturated rings. The van der Waals surface area contributed by atoms with Gasteiger partial charge >= 0.3 is 0 Å². The van der Waals surface area contributed by atoms with E-state index in [9.17, 15) is 9.18 Å². The van der Waals surface area contributed by atoms with Crippen molar-refractivity contribution in [2.45, 2.75) is 13.5 Å². The van der Waals surface area contributed by atoms with E-state index < -0.39 is 11.7 Å². The van der Waals surface area contributed by atoms with Gasteiger partial charge in [0.2, 0.25) is 0 Å². The third-order valence-electron chi connectivity index (χ3n) is 3.05. The molecule has 2 rings (SSSR count). The molecule has 0 atom stereocenters. The lowest BCUT2D eigenvalue weighted by atomic mass is 10.1. The summed E-state index contributed by atoms with van der Waals surface area (Å²) in [5, 5.41) is 2.70. The molecular weight excluding hydrogens is 257 g/mol. The van der Waals surface area contributed by atoms with E-state index >= 15 is 0 Å². The van der Waals surface area contributed by atoms with Crippen molar-refractivity contribution in [2.24, 2.45) is 0 Å². The van der Waals surface area contributed by atoms with Crippen molar-refractivity contribution in [1.82, 2.24) is 5.32 Å². The van der Waals surface area contributed by atoms with Crippen LogP contribution in [-0.4, -0.2) is 13.0 Å². The summed E-state index contributed by atoms with van der Waals surface area (Å²) in [5.41, 5.74) is 1.45. The Hall–Kier alpha value is -2.36. The Balaban J connectivity index is 2.02. The zero-order chi connectivity index (χ0) is 14.5. The third-order valence-corrected chi connectivity index (χ3v) is 3.05. The van der Waals surface area contributed by atoms with E-state index in [1.165, 1.54) is 6.07 Å². The summed E-state index contributed by atoms with van der Waals surface area (Å²) in [6.45, 7) is 1.98. The molecule has 2 aromatic carbocycles. The number of halogens is 1. The highest BCUT2D eigenvalue weighted by Gasteiger charge is 2.12. The van der Waals surface area contributed by atoms with E-state index in [4.69, 9.17) is 4.74 Å². The largest absolute Gasteiger partial charge is 0.497 e. The van der Waals surface area contributed by atoms with Gasteiger partial charge in [0.15, 0.2) is 0 Å². The van der Waals surface area contributed by atoms with Gasteiger partial charge in [-0.05, 0) is 36.2 Å². The summed E-state index contributed by atoms with van der Waals surface area (Å²) in [7, 11) is 1.59. The lowest BCUT2D eigenvalue weighted by molar-refractivity contribution is 0.0946. The van der Waals surface area contributed by atoms with Gasteiger partial charge in [0.25, 0.3) is 5.91 Å². The van der Waals surface area contributed by atoms with E-state index in [1.54, 1.807) is 26.2 Å². The van der Waals surface area contributed by atoms with Crippen molar-refractivity contribution in [3.63, 3.8) is 0 Å². The molecule has 0 unspecified atom stereocenters. The Kier molecular flexibility index (Phi) is 4.35. The minimum atomic E-state index is -0.472. The first-order valence-electron chi connectivity index (χ1n) is 6.28. The molecule has 104 valence electrons. The Morgan fingerprint density at radius 1 is 1.20 bits per heavy atom. The molecule has 0 spiro atoms. The number of carbonyl (C=O) groups is 1. The third kappa shape index (κ3) is 3.15. The molecule has 0 aromatic heterocycles. The average molecular weight is 273 g/mol. The van der Waals surface area contributed by atoms with Crippen LogP contribution in [0.1, 0.15) is 21.5 Å². The Bertz CT molecular complexity index is 608. The highest BCUT2D eigenvalue weighted by Crippen LogP contribution is 2.13. The topological polar surface area (TPSA) is 38.3 Å². The number of nitrogens with one attached hydrogen (secondary N) is 1. The molecule has 0 radical (unpaired) electrons. The summed E-state index contributed by atoms with van der Waals surface area (Å²) in [5.74, 6) is -0.133. The second-order valence-corrected chi connectivity index (χ2v) is 4.47. The first kappa shape index (κ1) is 14.1. The van der Waals surface area contributed by atoms with Gasteiger partial charge in [-0.1, -0.05) is 24.3 Å². The summed E-state index contributed by atoms with van der Waals surface area (Å²) in [4.78, 5) is 11.9. The molecule has 0 saturated carbocycles. The molecule has 1 N–H and O–H groups in total. The number of aryl methyl sites for hydroxylation is 1.